The van der Waals surface area contributed by atoms with Crippen LogP contribution in [0.15, 0.2) is 41.7 Å². The van der Waals surface area contributed by atoms with Gasteiger partial charge in [0.1, 0.15) is 6.04 Å². The van der Waals surface area contributed by atoms with Gasteiger partial charge in [-0.25, -0.2) is 23.3 Å². The Kier molecular flexibility index (Phi) is 5.49. The van der Waals surface area contributed by atoms with Gasteiger partial charge in [-0.15, -0.1) is 0 Å². The standard InChI is InChI=1S/C13H15N5O4S2/c14-24(21,22)10-3-1-8(2-4-10)17-13(23)18-11(12(19)20)5-9-6-15-7-16-9/h1-4,6-7,11H,5H2,(H,15,16)(H,19,20)(H2,14,21,22)(H2,17,18,23)/t11-/m0/s1. The van der Waals surface area contributed by atoms with Crippen LogP contribution in [0, 0.1) is 0 Å². The summed E-state index contributed by atoms with van der Waals surface area (Å²) in [5.74, 6) is -1.07. The van der Waals surface area contributed by atoms with Gasteiger partial charge in [0.15, 0.2) is 5.11 Å². The third-order valence-electron chi connectivity index (χ3n) is 3.02. The zero-order valence-electron chi connectivity index (χ0n) is 12.3. The second kappa shape index (κ2) is 7.38. The van der Waals surface area contributed by atoms with Gasteiger partial charge in [-0.1, -0.05) is 0 Å². The van der Waals surface area contributed by atoms with Gasteiger partial charge >= 0.3 is 5.97 Å². The van der Waals surface area contributed by atoms with Crippen molar-refractivity contribution >= 4 is 39.0 Å². The van der Waals surface area contributed by atoms with Crippen molar-refractivity contribution < 1.29 is 18.3 Å². The fraction of sp³-hybridized carbons (Fsp3) is 0.154. The summed E-state index contributed by atoms with van der Waals surface area (Å²) in [6, 6.07) is 4.63. The van der Waals surface area contributed by atoms with Crippen LogP contribution in [-0.2, 0) is 21.2 Å². The van der Waals surface area contributed by atoms with Gasteiger partial charge in [-0.05, 0) is 36.5 Å². The fourth-order valence-corrected chi connectivity index (χ4v) is 2.65. The summed E-state index contributed by atoms with van der Waals surface area (Å²) in [5, 5.41) is 19.8. The minimum absolute atomic E-state index is 0.0328. The smallest absolute Gasteiger partial charge is 0.326 e. The summed E-state index contributed by atoms with van der Waals surface area (Å²) in [6.07, 6.45) is 3.15. The molecule has 128 valence electrons. The van der Waals surface area contributed by atoms with Crippen molar-refractivity contribution in [1.82, 2.24) is 15.3 Å². The number of H-pyrrole nitrogens is 1. The van der Waals surface area contributed by atoms with Gasteiger partial charge in [0.25, 0.3) is 0 Å². The number of carbonyl (C=O) groups is 1. The lowest BCUT2D eigenvalue weighted by molar-refractivity contribution is -0.139. The van der Waals surface area contributed by atoms with E-state index in [4.69, 9.17) is 17.4 Å². The second-order valence-electron chi connectivity index (χ2n) is 4.84. The molecule has 2 rings (SSSR count). The fourth-order valence-electron chi connectivity index (χ4n) is 1.87. The molecular formula is C13H15N5O4S2. The van der Waals surface area contributed by atoms with Gasteiger partial charge in [0, 0.05) is 24.0 Å². The van der Waals surface area contributed by atoms with Crippen LogP contribution in [0.25, 0.3) is 0 Å². The van der Waals surface area contributed by atoms with E-state index in [1.165, 1.54) is 36.8 Å². The average molecular weight is 369 g/mol. The Balaban J connectivity index is 1.99. The summed E-state index contributed by atoms with van der Waals surface area (Å²) in [6.45, 7) is 0. The molecule has 0 fully saturated rings. The first kappa shape index (κ1) is 17.8. The van der Waals surface area contributed by atoms with E-state index >= 15 is 0 Å². The number of aromatic amines is 1. The van der Waals surface area contributed by atoms with Crippen molar-refractivity contribution in [1.29, 1.82) is 0 Å². The normalized spacial score (nSPS) is 12.4. The molecular weight excluding hydrogens is 354 g/mol. The minimum Gasteiger partial charge on any atom is -0.480 e. The number of rotatable bonds is 6. The number of aliphatic carboxylic acids is 1. The van der Waals surface area contributed by atoms with Crippen LogP contribution in [0.1, 0.15) is 5.69 Å². The molecule has 1 atom stereocenters. The van der Waals surface area contributed by atoms with E-state index in [-0.39, 0.29) is 16.4 Å². The number of aromatic nitrogens is 2. The summed E-state index contributed by atoms with van der Waals surface area (Å²) in [4.78, 5) is 17.9. The second-order valence-corrected chi connectivity index (χ2v) is 6.81. The number of nitrogens with zero attached hydrogens (tertiary/aromatic N) is 1. The van der Waals surface area contributed by atoms with E-state index in [0.29, 0.717) is 11.4 Å². The van der Waals surface area contributed by atoms with Gasteiger partial charge in [0.05, 0.1) is 11.2 Å². The van der Waals surface area contributed by atoms with Crippen LogP contribution in [-0.4, -0.2) is 40.6 Å². The van der Waals surface area contributed by atoms with E-state index < -0.39 is 22.0 Å². The number of nitrogens with two attached hydrogens (primary N) is 1. The molecule has 0 amide bonds. The van der Waals surface area contributed by atoms with Crippen molar-refractivity contribution in [2.75, 3.05) is 5.32 Å². The van der Waals surface area contributed by atoms with Gasteiger partial charge in [-0.2, -0.15) is 0 Å². The molecule has 1 heterocycles. The molecule has 0 aliphatic rings. The van der Waals surface area contributed by atoms with E-state index in [1.54, 1.807) is 0 Å². The van der Waals surface area contributed by atoms with Crippen LogP contribution >= 0.6 is 12.2 Å². The predicted molar refractivity (Wildman–Crippen MR) is 90.9 cm³/mol. The van der Waals surface area contributed by atoms with E-state index in [0.717, 1.165) is 0 Å². The number of thiocarbonyl (C=S) groups is 1. The Hall–Kier alpha value is -2.50. The first-order valence-corrected chi connectivity index (χ1v) is 8.61. The van der Waals surface area contributed by atoms with E-state index in [2.05, 4.69) is 20.6 Å². The maximum atomic E-state index is 11.3. The maximum Gasteiger partial charge on any atom is 0.326 e. The molecule has 6 N–H and O–H groups in total. The van der Waals surface area contributed by atoms with Crippen LogP contribution in [0.3, 0.4) is 0 Å². The van der Waals surface area contributed by atoms with E-state index in [1.807, 2.05) is 0 Å². The number of anilines is 1. The number of carboxylic acid groups (broad SMARTS) is 1. The number of imidazole rings is 1. The SMILES string of the molecule is NS(=O)(=O)c1ccc(NC(=S)N[C@@H](Cc2cnc[nH]2)C(=O)O)cc1. The van der Waals surface area contributed by atoms with Crippen LogP contribution in [0.5, 0.6) is 0 Å². The molecule has 0 spiro atoms. The average Bonchev–Trinajstić information content (AvgIpc) is 2.99. The Morgan fingerprint density at radius 2 is 2.04 bits per heavy atom. The largest absolute Gasteiger partial charge is 0.480 e. The Morgan fingerprint density at radius 1 is 1.38 bits per heavy atom. The third kappa shape index (κ3) is 5.01. The lowest BCUT2D eigenvalue weighted by Crippen LogP contribution is -2.44. The molecule has 0 bridgehead atoms. The van der Waals surface area contributed by atoms with Crippen molar-refractivity contribution in [2.45, 2.75) is 17.4 Å². The highest BCUT2D eigenvalue weighted by Gasteiger charge is 2.19. The summed E-state index contributed by atoms with van der Waals surface area (Å²) in [5.41, 5.74) is 1.14. The van der Waals surface area contributed by atoms with Crippen molar-refractivity contribution in [3.05, 3.63) is 42.5 Å². The monoisotopic (exact) mass is 369 g/mol. The van der Waals surface area contributed by atoms with Crippen molar-refractivity contribution in [3.63, 3.8) is 0 Å². The number of hydrogen-bond acceptors (Lipinski definition) is 5. The number of sulfonamides is 1. The van der Waals surface area contributed by atoms with Crippen molar-refractivity contribution in [3.8, 4) is 0 Å². The molecule has 1 aromatic carbocycles. The molecule has 9 nitrogen and oxygen atoms in total. The first-order valence-electron chi connectivity index (χ1n) is 6.66. The Bertz CT molecular complexity index is 819. The molecule has 11 heteroatoms. The van der Waals surface area contributed by atoms with Crippen molar-refractivity contribution in [2.24, 2.45) is 5.14 Å². The summed E-state index contributed by atoms with van der Waals surface area (Å²) in [7, 11) is -3.77. The number of benzene rings is 1. The quantitative estimate of drug-likeness (QED) is 0.448. The molecule has 0 radical (unpaired) electrons. The van der Waals surface area contributed by atoms with E-state index in [9.17, 15) is 18.3 Å². The predicted octanol–water partition coefficient (Wildman–Crippen LogP) is 0.0394. The lowest BCUT2D eigenvalue weighted by Gasteiger charge is -2.16. The van der Waals surface area contributed by atoms with Gasteiger partial charge in [0.2, 0.25) is 10.0 Å². The van der Waals surface area contributed by atoms with Gasteiger partial charge in [-0.3, -0.25) is 0 Å². The van der Waals surface area contributed by atoms with Crippen LogP contribution < -0.4 is 15.8 Å². The third-order valence-corrected chi connectivity index (χ3v) is 4.17. The molecule has 0 unspecified atom stereocenters. The first-order chi connectivity index (χ1) is 11.3. The van der Waals surface area contributed by atoms with Crippen LogP contribution in [0.2, 0.25) is 0 Å². The maximum absolute atomic E-state index is 11.3. The topological polar surface area (TPSA) is 150 Å². The molecule has 24 heavy (non-hydrogen) atoms. The highest BCUT2D eigenvalue weighted by molar-refractivity contribution is 7.89. The zero-order chi connectivity index (χ0) is 17.7. The lowest BCUT2D eigenvalue weighted by atomic mass is 10.2. The van der Waals surface area contributed by atoms with Gasteiger partial charge < -0.3 is 20.7 Å². The Morgan fingerprint density at radius 3 is 2.54 bits per heavy atom. The number of primary sulfonamides is 1. The molecule has 2 aromatic rings. The Labute approximate surface area is 143 Å². The molecule has 0 aliphatic carbocycles. The van der Waals surface area contributed by atoms with Crippen LogP contribution in [0.4, 0.5) is 5.69 Å². The molecule has 0 saturated carbocycles. The number of hydrogen-bond donors (Lipinski definition) is 5. The highest BCUT2D eigenvalue weighted by atomic mass is 32.2. The minimum atomic E-state index is -3.77. The number of nitrogens with one attached hydrogen (secondary N) is 3. The molecule has 0 saturated heterocycles. The number of carboxylic acids is 1. The molecule has 0 aliphatic heterocycles. The summed E-state index contributed by atoms with van der Waals surface area (Å²) >= 11 is 5.08. The zero-order valence-corrected chi connectivity index (χ0v) is 13.9. The summed E-state index contributed by atoms with van der Waals surface area (Å²) < 4.78 is 22.4. The highest BCUT2D eigenvalue weighted by Crippen LogP contribution is 2.12. The molecule has 1 aromatic heterocycles.